The summed E-state index contributed by atoms with van der Waals surface area (Å²) in [4.78, 5) is 17.9. The van der Waals surface area contributed by atoms with Crippen LogP contribution in [0, 0.1) is 29.1 Å². The van der Waals surface area contributed by atoms with E-state index in [4.69, 9.17) is 4.74 Å². The van der Waals surface area contributed by atoms with Gasteiger partial charge in [0.1, 0.15) is 11.9 Å². The number of nitrogens with zero attached hydrogens (tertiary/aromatic N) is 3. The van der Waals surface area contributed by atoms with Gasteiger partial charge in [-0.25, -0.2) is 0 Å². The molecule has 0 bridgehead atoms. The van der Waals surface area contributed by atoms with Gasteiger partial charge in [0.05, 0.1) is 11.6 Å². The van der Waals surface area contributed by atoms with Gasteiger partial charge in [-0.2, -0.15) is 5.26 Å². The molecule has 0 radical (unpaired) electrons. The Kier molecular flexibility index (Phi) is 6.25. The fraction of sp³-hybridized carbons (Fsp3) is 0.517. The van der Waals surface area contributed by atoms with Gasteiger partial charge in [0, 0.05) is 42.6 Å². The Hall–Kier alpha value is -2.84. The molecule has 1 aliphatic carbocycles. The molecular weight excluding hydrogens is 422 g/mol. The molecule has 2 aliphatic rings. The predicted molar refractivity (Wildman–Crippen MR) is 135 cm³/mol. The molecule has 0 N–H and O–H groups in total. The summed E-state index contributed by atoms with van der Waals surface area (Å²) in [5, 5.41) is 9.22. The van der Waals surface area contributed by atoms with Crippen molar-refractivity contribution in [2.24, 2.45) is 10.8 Å². The van der Waals surface area contributed by atoms with Crippen molar-refractivity contribution in [3.05, 3.63) is 64.2 Å². The maximum atomic E-state index is 13.6. The van der Waals surface area contributed by atoms with Crippen LogP contribution in [0.15, 0.2) is 36.4 Å². The van der Waals surface area contributed by atoms with Gasteiger partial charge in [-0.05, 0) is 73.8 Å². The normalized spacial score (nSPS) is 23.1. The quantitative estimate of drug-likeness (QED) is 0.656. The number of likely N-dealkylation sites (N-methyl/N-ethyl adjacent to an activating group) is 1. The molecule has 1 heterocycles. The number of aryl methyl sites for hydroxylation is 1. The number of hydrogen-bond donors (Lipinski definition) is 0. The molecule has 0 aromatic heterocycles. The highest BCUT2D eigenvalue weighted by Gasteiger charge is 2.65. The summed E-state index contributed by atoms with van der Waals surface area (Å²) in [6.45, 7) is 12.7. The molecule has 1 saturated carbocycles. The van der Waals surface area contributed by atoms with Crippen LogP contribution >= 0.6 is 0 Å². The molecule has 4 rings (SSSR count). The van der Waals surface area contributed by atoms with Gasteiger partial charge in [0.2, 0.25) is 0 Å². The minimum Gasteiger partial charge on any atom is -0.489 e. The van der Waals surface area contributed by atoms with E-state index in [2.05, 4.69) is 57.8 Å². The highest BCUT2D eigenvalue weighted by Crippen LogP contribution is 2.57. The number of nitriles is 1. The third-order valence-corrected chi connectivity index (χ3v) is 8.02. The smallest absolute Gasteiger partial charge is 0.253 e. The van der Waals surface area contributed by atoms with Crippen molar-refractivity contribution < 1.29 is 9.53 Å². The standard InChI is InChI=1S/C29H37N3O2/c1-19-16-24(11-10-23(19)18-30)34-27-28(2,3)26(29(27,4)5)32(7)25(33)22-9-8-20-12-14-31(6)15-13-21(20)17-22/h8-11,16-17,26-27H,12-15H2,1-7H3. The Morgan fingerprint density at radius 3 is 2.32 bits per heavy atom. The van der Waals surface area contributed by atoms with Crippen LogP contribution in [-0.2, 0) is 12.8 Å². The first kappa shape index (κ1) is 24.3. The molecule has 1 fully saturated rings. The van der Waals surface area contributed by atoms with Crippen LogP contribution in [0.3, 0.4) is 0 Å². The number of hydrogen-bond acceptors (Lipinski definition) is 4. The summed E-state index contributed by atoms with van der Waals surface area (Å²) in [6, 6.07) is 14.1. The van der Waals surface area contributed by atoms with E-state index in [9.17, 15) is 10.1 Å². The van der Waals surface area contributed by atoms with E-state index < -0.39 is 0 Å². The van der Waals surface area contributed by atoms with E-state index in [1.165, 1.54) is 11.1 Å². The molecule has 5 heteroatoms. The maximum absolute atomic E-state index is 13.6. The third kappa shape index (κ3) is 4.09. The van der Waals surface area contributed by atoms with Crippen LogP contribution in [-0.4, -0.2) is 55.0 Å². The summed E-state index contributed by atoms with van der Waals surface area (Å²) < 4.78 is 6.47. The lowest BCUT2D eigenvalue weighted by molar-refractivity contribution is -0.195. The molecule has 0 saturated heterocycles. The van der Waals surface area contributed by atoms with Crippen LogP contribution in [0.4, 0.5) is 0 Å². The van der Waals surface area contributed by atoms with Gasteiger partial charge < -0.3 is 14.5 Å². The Morgan fingerprint density at radius 2 is 1.71 bits per heavy atom. The summed E-state index contributed by atoms with van der Waals surface area (Å²) >= 11 is 0. The fourth-order valence-corrected chi connectivity index (χ4v) is 6.67. The molecule has 34 heavy (non-hydrogen) atoms. The maximum Gasteiger partial charge on any atom is 0.253 e. The van der Waals surface area contributed by atoms with Gasteiger partial charge in [0.25, 0.3) is 5.91 Å². The number of benzene rings is 2. The van der Waals surface area contributed by atoms with Crippen molar-refractivity contribution in [2.75, 3.05) is 27.2 Å². The van der Waals surface area contributed by atoms with E-state index in [0.717, 1.165) is 42.8 Å². The SMILES string of the molecule is Cc1cc(OC2C(C)(C)C(N(C)C(=O)c3ccc4c(c3)CCN(C)CC4)C2(C)C)ccc1C#N. The lowest BCUT2D eigenvalue weighted by atomic mass is 9.49. The zero-order valence-corrected chi connectivity index (χ0v) is 21.6. The van der Waals surface area contributed by atoms with E-state index in [0.29, 0.717) is 5.56 Å². The molecule has 2 aromatic carbocycles. The second kappa shape index (κ2) is 8.74. The van der Waals surface area contributed by atoms with Gasteiger partial charge in [-0.15, -0.1) is 0 Å². The molecule has 0 spiro atoms. The van der Waals surface area contributed by atoms with E-state index >= 15 is 0 Å². The second-order valence-electron chi connectivity index (χ2n) is 11.3. The lowest BCUT2D eigenvalue weighted by Gasteiger charge is -2.65. The van der Waals surface area contributed by atoms with Crippen molar-refractivity contribution in [3.8, 4) is 11.8 Å². The fourth-order valence-electron chi connectivity index (χ4n) is 6.67. The first-order valence-electron chi connectivity index (χ1n) is 12.2. The van der Waals surface area contributed by atoms with Gasteiger partial charge in [0.15, 0.2) is 0 Å². The summed E-state index contributed by atoms with van der Waals surface area (Å²) in [5.41, 5.74) is 4.54. The number of rotatable bonds is 4. The minimum atomic E-state index is -0.232. The summed E-state index contributed by atoms with van der Waals surface area (Å²) in [5.74, 6) is 0.838. The van der Waals surface area contributed by atoms with Crippen molar-refractivity contribution >= 4 is 5.91 Å². The number of amides is 1. The molecule has 2 aromatic rings. The Balaban J connectivity index is 1.53. The van der Waals surface area contributed by atoms with Crippen molar-refractivity contribution in [1.82, 2.24) is 9.80 Å². The molecule has 1 amide bonds. The van der Waals surface area contributed by atoms with Crippen LogP contribution in [0.5, 0.6) is 5.75 Å². The molecular formula is C29H37N3O2. The zero-order chi connectivity index (χ0) is 24.8. The van der Waals surface area contributed by atoms with Crippen molar-refractivity contribution in [2.45, 2.75) is 59.6 Å². The Labute approximate surface area is 204 Å². The minimum absolute atomic E-state index is 0.0296. The Bertz CT molecular complexity index is 1130. The highest BCUT2D eigenvalue weighted by atomic mass is 16.5. The molecule has 180 valence electrons. The highest BCUT2D eigenvalue weighted by molar-refractivity contribution is 5.94. The van der Waals surface area contributed by atoms with E-state index in [1.807, 2.05) is 43.1 Å². The number of carbonyl (C=O) groups excluding carboxylic acids is 1. The number of carbonyl (C=O) groups is 1. The first-order valence-corrected chi connectivity index (χ1v) is 12.2. The van der Waals surface area contributed by atoms with Crippen molar-refractivity contribution in [1.29, 1.82) is 5.26 Å². The van der Waals surface area contributed by atoms with Crippen LogP contribution in [0.25, 0.3) is 0 Å². The average molecular weight is 460 g/mol. The number of ether oxygens (including phenoxy) is 1. The van der Waals surface area contributed by atoms with Gasteiger partial charge >= 0.3 is 0 Å². The monoisotopic (exact) mass is 459 g/mol. The van der Waals surface area contributed by atoms with E-state index in [1.54, 1.807) is 0 Å². The largest absolute Gasteiger partial charge is 0.489 e. The van der Waals surface area contributed by atoms with Crippen molar-refractivity contribution in [3.63, 3.8) is 0 Å². The molecule has 1 aliphatic heterocycles. The molecule has 5 nitrogen and oxygen atoms in total. The van der Waals surface area contributed by atoms with Gasteiger partial charge in [-0.1, -0.05) is 33.8 Å². The topological polar surface area (TPSA) is 56.6 Å². The van der Waals surface area contributed by atoms with Gasteiger partial charge in [-0.3, -0.25) is 4.79 Å². The first-order chi connectivity index (χ1) is 16.0. The summed E-state index contributed by atoms with van der Waals surface area (Å²) in [7, 11) is 4.09. The lowest BCUT2D eigenvalue weighted by Crippen LogP contribution is -2.74. The summed E-state index contributed by atoms with van der Waals surface area (Å²) in [6.07, 6.45) is 1.96. The second-order valence-corrected chi connectivity index (χ2v) is 11.3. The van der Waals surface area contributed by atoms with Crippen LogP contribution in [0.2, 0.25) is 0 Å². The predicted octanol–water partition coefficient (Wildman–Crippen LogP) is 4.85. The Morgan fingerprint density at radius 1 is 1.06 bits per heavy atom. The zero-order valence-electron chi connectivity index (χ0n) is 21.6. The molecule has 0 unspecified atom stereocenters. The molecule has 0 atom stereocenters. The van der Waals surface area contributed by atoms with Crippen LogP contribution in [0.1, 0.15) is 60.3 Å². The number of fused-ring (bicyclic) bond motifs is 1. The van der Waals surface area contributed by atoms with E-state index in [-0.39, 0.29) is 28.9 Å². The van der Waals surface area contributed by atoms with Crippen LogP contribution < -0.4 is 4.74 Å². The average Bonchev–Trinajstić information content (AvgIpc) is 2.97. The third-order valence-electron chi connectivity index (χ3n) is 8.02.